The number of hydrogen-bond donors (Lipinski definition) is 1. The van der Waals surface area contributed by atoms with E-state index < -0.39 is 0 Å². The number of halogens is 1. The van der Waals surface area contributed by atoms with Gasteiger partial charge in [-0.2, -0.15) is 8.91 Å². The molecule has 0 fully saturated rings. The lowest BCUT2D eigenvalue weighted by Gasteiger charge is -2.27. The van der Waals surface area contributed by atoms with Crippen LogP contribution in [0.15, 0.2) is 107 Å². The summed E-state index contributed by atoms with van der Waals surface area (Å²) in [7, 11) is 0. The van der Waals surface area contributed by atoms with Gasteiger partial charge in [0, 0.05) is 76.9 Å². The molecule has 0 spiro atoms. The van der Waals surface area contributed by atoms with E-state index in [1.165, 1.54) is 55.8 Å². The van der Waals surface area contributed by atoms with Gasteiger partial charge in [-0.3, -0.25) is 5.04 Å². The maximum Gasteiger partial charge on any atom is 0.210 e. The predicted octanol–water partition coefficient (Wildman–Crippen LogP) is 10.3. The number of anilines is 1. The highest BCUT2D eigenvalue weighted by molar-refractivity contribution is 7.94. The van der Waals surface area contributed by atoms with Crippen LogP contribution in [0.25, 0.3) is 10.8 Å². The first kappa shape index (κ1) is 38.6. The summed E-state index contributed by atoms with van der Waals surface area (Å²) in [6.07, 6.45) is 18.1. The molecular weight excluding hydrogens is 688 g/mol. The zero-order valence-electron chi connectivity index (χ0n) is 31.1. The van der Waals surface area contributed by atoms with Gasteiger partial charge in [0.05, 0.1) is 5.41 Å². The Bertz CT molecular complexity index is 1910. The summed E-state index contributed by atoms with van der Waals surface area (Å²) in [5.41, 5.74) is 9.90. The van der Waals surface area contributed by atoms with Crippen LogP contribution in [0.4, 0.5) is 11.4 Å². The van der Waals surface area contributed by atoms with Gasteiger partial charge in [0.1, 0.15) is 6.54 Å². The molecule has 3 aromatic rings. The number of aliphatic hydroxyl groups excluding tert-OH is 1. The molecular formula is C44H53ClN2O4S. The summed E-state index contributed by atoms with van der Waals surface area (Å²) in [6.45, 7) is 11.4. The Kier molecular flexibility index (Phi) is 12.8. The monoisotopic (exact) mass is 740 g/mol. The van der Waals surface area contributed by atoms with Crippen molar-refractivity contribution in [1.82, 2.24) is 0 Å². The molecule has 3 aromatic carbocycles. The lowest BCUT2D eigenvalue weighted by Crippen LogP contribution is -2.28. The highest BCUT2D eigenvalue weighted by atomic mass is 35.5. The second-order valence-electron chi connectivity index (χ2n) is 15.2. The molecule has 0 unspecified atom stereocenters. The molecule has 0 atom stereocenters. The highest BCUT2D eigenvalue weighted by Crippen LogP contribution is 2.48. The topological polar surface area (TPSA) is 68.0 Å². The number of rotatable bonds is 16. The van der Waals surface area contributed by atoms with Crippen LogP contribution in [0.2, 0.25) is 0 Å². The average molecular weight is 741 g/mol. The third kappa shape index (κ3) is 8.01. The molecule has 2 aliphatic heterocycles. The summed E-state index contributed by atoms with van der Waals surface area (Å²) in [5.74, 6) is 0.697. The summed E-state index contributed by atoms with van der Waals surface area (Å²) in [6, 6.07) is 22.0. The molecule has 0 saturated carbocycles. The summed E-state index contributed by atoms with van der Waals surface area (Å²) < 4.78 is 6.99. The van der Waals surface area contributed by atoms with Gasteiger partial charge in [0.25, 0.3) is 0 Å². The molecule has 0 aromatic heterocycles. The molecule has 0 amide bonds. The van der Waals surface area contributed by atoms with Crippen LogP contribution in [-0.4, -0.2) is 40.8 Å². The van der Waals surface area contributed by atoms with E-state index >= 15 is 0 Å². The first-order valence-electron chi connectivity index (χ1n) is 18.9. The normalized spacial score (nSPS) is 19.6. The minimum Gasteiger partial charge on any atom is -0.691 e. The van der Waals surface area contributed by atoms with Gasteiger partial charge in [-0.25, -0.2) is 0 Å². The van der Waals surface area contributed by atoms with Crippen molar-refractivity contribution in [1.29, 1.82) is 0 Å². The molecule has 52 heavy (non-hydrogen) atoms. The summed E-state index contributed by atoms with van der Waals surface area (Å²) in [4.78, 5) is 2.45. The minimum absolute atomic E-state index is 0.152. The van der Waals surface area contributed by atoms with E-state index in [-0.39, 0.29) is 17.4 Å². The fraction of sp³-hybridized carbons (Fsp3) is 0.432. The van der Waals surface area contributed by atoms with E-state index in [0.29, 0.717) is 5.75 Å². The van der Waals surface area contributed by atoms with Crippen LogP contribution in [-0.2, 0) is 20.2 Å². The van der Waals surface area contributed by atoms with E-state index in [0.717, 1.165) is 88.0 Å². The van der Waals surface area contributed by atoms with Gasteiger partial charge >= 0.3 is 0 Å². The van der Waals surface area contributed by atoms with Crippen molar-refractivity contribution in [2.75, 3.05) is 30.3 Å². The van der Waals surface area contributed by atoms with Crippen LogP contribution in [0.3, 0.4) is 0 Å². The molecule has 6 rings (SSSR count). The maximum absolute atomic E-state index is 10.2. The van der Waals surface area contributed by atoms with Crippen LogP contribution < -0.4 is 10.2 Å². The Morgan fingerprint density at radius 1 is 0.885 bits per heavy atom. The number of nitrogens with zero attached hydrogens (tertiary/aromatic N) is 2. The van der Waals surface area contributed by atoms with Crippen LogP contribution in [0.5, 0.6) is 0 Å². The van der Waals surface area contributed by atoms with Crippen molar-refractivity contribution in [2.45, 2.75) is 96.3 Å². The van der Waals surface area contributed by atoms with E-state index in [9.17, 15) is 10.4 Å². The Morgan fingerprint density at radius 2 is 1.67 bits per heavy atom. The quantitative estimate of drug-likeness (QED) is 0.0519. The van der Waals surface area contributed by atoms with E-state index in [1.54, 1.807) is 0 Å². The van der Waals surface area contributed by atoms with Crippen molar-refractivity contribution in [3.8, 4) is 0 Å². The third-order valence-electron chi connectivity index (χ3n) is 11.1. The number of fused-ring (bicyclic) bond motifs is 4. The number of benzene rings is 3. The largest absolute Gasteiger partial charge is 0.691 e. The smallest absolute Gasteiger partial charge is 0.210 e. The van der Waals surface area contributed by atoms with Gasteiger partial charge in [0.15, 0.2) is 5.71 Å². The summed E-state index contributed by atoms with van der Waals surface area (Å²) in [5, 5.41) is 26.4. The first-order chi connectivity index (χ1) is 25.2. The lowest BCUT2D eigenvalue weighted by atomic mass is 9.79. The van der Waals surface area contributed by atoms with Crippen LogP contribution >= 0.6 is 23.6 Å². The van der Waals surface area contributed by atoms with Crippen molar-refractivity contribution >= 4 is 51.5 Å². The van der Waals surface area contributed by atoms with Crippen molar-refractivity contribution in [3.63, 3.8) is 0 Å². The Labute approximate surface area is 319 Å². The van der Waals surface area contributed by atoms with E-state index in [4.69, 9.17) is 11.6 Å². The second-order valence-corrected chi connectivity index (χ2v) is 16.4. The molecule has 2 heterocycles. The Hall–Kier alpha value is -3.17. The van der Waals surface area contributed by atoms with Crippen molar-refractivity contribution in [2.24, 2.45) is 0 Å². The minimum atomic E-state index is -0.176. The highest BCUT2D eigenvalue weighted by Gasteiger charge is 2.45. The van der Waals surface area contributed by atoms with E-state index in [2.05, 4.69) is 132 Å². The summed E-state index contributed by atoms with van der Waals surface area (Å²) >= 11 is 8.35. The molecule has 8 heteroatoms. The van der Waals surface area contributed by atoms with Gasteiger partial charge in [-0.15, -0.1) is 0 Å². The molecule has 3 aliphatic rings. The molecule has 276 valence electrons. The number of aliphatic hydroxyl groups is 1. The lowest BCUT2D eigenvalue weighted by molar-refractivity contribution is -0.777. The predicted molar refractivity (Wildman–Crippen MR) is 215 cm³/mol. The fourth-order valence-corrected chi connectivity index (χ4v) is 9.19. The molecule has 0 radical (unpaired) electrons. The SMILES string of the molecule is CC1(C)C(/C=C/C2=C(Cl)C(=C/C=C3/N(CCCCSOO[O-])c4ccccc4C3(C)C)/CCC2)=[N+](CCCCCCO)c2ccc3ccccc3c21. The number of allylic oxidation sites excluding steroid dienone is 8. The Morgan fingerprint density at radius 3 is 2.50 bits per heavy atom. The van der Waals surface area contributed by atoms with Gasteiger partial charge in [-0.1, -0.05) is 86.5 Å². The Balaban J connectivity index is 1.30. The number of unbranched alkanes of at least 4 members (excludes halogenated alkanes) is 4. The van der Waals surface area contributed by atoms with Crippen molar-refractivity contribution in [3.05, 3.63) is 118 Å². The molecule has 0 bridgehead atoms. The first-order valence-corrected chi connectivity index (χ1v) is 20.2. The number of hydrogen-bond acceptors (Lipinski definition) is 6. The fourth-order valence-electron chi connectivity index (χ4n) is 8.45. The number of para-hydroxylation sites is 1. The molecule has 1 aliphatic carbocycles. The maximum atomic E-state index is 10.2. The molecule has 1 N–H and O–H groups in total. The van der Waals surface area contributed by atoms with Gasteiger partial charge in [0.2, 0.25) is 5.69 Å². The van der Waals surface area contributed by atoms with Gasteiger partial charge < -0.3 is 15.3 Å². The zero-order valence-corrected chi connectivity index (χ0v) is 32.7. The van der Waals surface area contributed by atoms with Crippen LogP contribution in [0.1, 0.15) is 96.6 Å². The average Bonchev–Trinajstić information content (AvgIpc) is 3.50. The molecule has 0 saturated heterocycles. The standard InChI is InChI=1S/C44H53ClN2O4S/c1-43(2)36-20-9-10-21-37(36)46(29-12-14-31-52-51-50-49)39(43)26-23-33-17-15-18-34(42(33)45)24-27-40-44(3,4)41-35-19-8-7-16-32(35)22-25-38(41)47(40)28-11-5-6-13-30-48/h7-10,16,19-27,48H,5-6,11-15,17-18,28-31H2,1-4H3. The van der Waals surface area contributed by atoms with Crippen molar-refractivity contribution < 1.29 is 24.3 Å². The van der Waals surface area contributed by atoms with E-state index in [1.807, 2.05) is 0 Å². The third-order valence-corrected chi connectivity index (χ3v) is 12.2. The van der Waals surface area contributed by atoms with Gasteiger partial charge in [-0.05, 0) is 104 Å². The second kappa shape index (κ2) is 17.3. The zero-order chi connectivity index (χ0) is 36.7. The molecule has 6 nitrogen and oxygen atoms in total. The van der Waals surface area contributed by atoms with Crippen LogP contribution in [0, 0.1) is 0 Å².